The predicted octanol–water partition coefficient (Wildman–Crippen LogP) is 4.41. The van der Waals surface area contributed by atoms with Crippen molar-refractivity contribution in [1.82, 2.24) is 14.4 Å². The number of hydrogen-bond donors (Lipinski definition) is 0. The summed E-state index contributed by atoms with van der Waals surface area (Å²) in [5.41, 5.74) is 6.43. The minimum atomic E-state index is 0.893. The van der Waals surface area contributed by atoms with Crippen molar-refractivity contribution in [3.05, 3.63) is 95.3 Å². The molecule has 0 amide bonds. The minimum Gasteiger partial charge on any atom is -0.274 e. The van der Waals surface area contributed by atoms with Gasteiger partial charge in [0.2, 0.25) is 0 Å². The van der Waals surface area contributed by atoms with Gasteiger partial charge in [-0.25, -0.2) is 9.97 Å². The molecule has 0 aliphatic heterocycles. The SMILES string of the molecule is Cc1ccc(/C=c2\nc(-c3ccccc3)n3c2nc2ccccc23)cc1. The van der Waals surface area contributed by atoms with E-state index in [1.165, 1.54) is 5.56 Å². The van der Waals surface area contributed by atoms with Gasteiger partial charge in [-0.3, -0.25) is 4.40 Å². The number of benzene rings is 3. The van der Waals surface area contributed by atoms with Crippen LogP contribution in [0.15, 0.2) is 78.9 Å². The third-order valence-electron chi connectivity index (χ3n) is 4.64. The lowest BCUT2D eigenvalue weighted by atomic mass is 10.1. The number of aryl methyl sites for hydroxylation is 1. The van der Waals surface area contributed by atoms with Crippen molar-refractivity contribution in [1.29, 1.82) is 0 Å². The van der Waals surface area contributed by atoms with Gasteiger partial charge in [0.25, 0.3) is 0 Å². The molecule has 3 nitrogen and oxygen atoms in total. The fourth-order valence-corrected chi connectivity index (χ4v) is 3.32. The Kier molecular flexibility index (Phi) is 3.32. The van der Waals surface area contributed by atoms with Crippen molar-refractivity contribution in [2.45, 2.75) is 6.92 Å². The molecule has 0 N–H and O–H groups in total. The molecular formula is C23H17N3. The molecule has 0 saturated carbocycles. The second-order valence-electron chi connectivity index (χ2n) is 6.50. The van der Waals surface area contributed by atoms with Crippen molar-refractivity contribution in [2.75, 3.05) is 0 Å². The van der Waals surface area contributed by atoms with Crippen LogP contribution < -0.4 is 5.35 Å². The summed E-state index contributed by atoms with van der Waals surface area (Å²) < 4.78 is 2.16. The first-order chi connectivity index (χ1) is 12.8. The van der Waals surface area contributed by atoms with Crippen molar-refractivity contribution < 1.29 is 0 Å². The van der Waals surface area contributed by atoms with Crippen LogP contribution in [0.25, 0.3) is 34.1 Å². The molecule has 0 unspecified atom stereocenters. The highest BCUT2D eigenvalue weighted by Crippen LogP contribution is 2.23. The number of fused-ring (bicyclic) bond motifs is 3. The van der Waals surface area contributed by atoms with Gasteiger partial charge in [0.1, 0.15) is 11.2 Å². The summed E-state index contributed by atoms with van der Waals surface area (Å²) in [4.78, 5) is 9.78. The largest absolute Gasteiger partial charge is 0.274 e. The molecule has 0 spiro atoms. The third-order valence-corrected chi connectivity index (χ3v) is 4.64. The monoisotopic (exact) mass is 335 g/mol. The first-order valence-electron chi connectivity index (χ1n) is 8.70. The Bertz CT molecular complexity index is 1270. The van der Waals surface area contributed by atoms with E-state index in [1.807, 2.05) is 36.4 Å². The summed E-state index contributed by atoms with van der Waals surface area (Å²) in [7, 11) is 0. The van der Waals surface area contributed by atoms with Crippen molar-refractivity contribution in [3.8, 4) is 11.4 Å². The van der Waals surface area contributed by atoms with Crippen molar-refractivity contribution in [3.63, 3.8) is 0 Å². The topological polar surface area (TPSA) is 30.2 Å². The quantitative estimate of drug-likeness (QED) is 0.478. The van der Waals surface area contributed by atoms with Gasteiger partial charge in [-0.15, -0.1) is 0 Å². The Morgan fingerprint density at radius 3 is 2.31 bits per heavy atom. The second kappa shape index (κ2) is 5.81. The lowest BCUT2D eigenvalue weighted by molar-refractivity contribution is 1.22. The molecule has 5 rings (SSSR count). The Morgan fingerprint density at radius 2 is 1.50 bits per heavy atom. The summed E-state index contributed by atoms with van der Waals surface area (Å²) >= 11 is 0. The first kappa shape index (κ1) is 14.8. The number of aromatic nitrogens is 3. The smallest absolute Gasteiger partial charge is 0.165 e. The third kappa shape index (κ3) is 2.37. The molecule has 0 atom stereocenters. The maximum atomic E-state index is 4.93. The lowest BCUT2D eigenvalue weighted by Crippen LogP contribution is -2.03. The van der Waals surface area contributed by atoms with Gasteiger partial charge in [-0.2, -0.15) is 0 Å². The highest BCUT2D eigenvalue weighted by Gasteiger charge is 2.14. The second-order valence-corrected chi connectivity index (χ2v) is 6.50. The van der Waals surface area contributed by atoms with Gasteiger partial charge >= 0.3 is 0 Å². The summed E-state index contributed by atoms with van der Waals surface area (Å²) in [6.45, 7) is 2.09. The standard InChI is InChI=1S/C23H17N3/c1-16-11-13-17(14-12-16)15-20-23-24-19-9-5-6-10-21(19)26(23)22(25-20)18-7-3-2-4-8-18/h2-15H,1H3/b20-15-. The van der Waals surface area contributed by atoms with E-state index in [9.17, 15) is 0 Å². The van der Waals surface area contributed by atoms with E-state index in [-0.39, 0.29) is 0 Å². The van der Waals surface area contributed by atoms with Gasteiger partial charge in [0.05, 0.1) is 11.0 Å². The van der Waals surface area contributed by atoms with Gasteiger partial charge in [-0.05, 0) is 30.7 Å². The molecule has 0 aliphatic rings. The van der Waals surface area contributed by atoms with E-state index in [0.29, 0.717) is 0 Å². The van der Waals surface area contributed by atoms with Gasteiger partial charge in [0.15, 0.2) is 5.65 Å². The highest BCUT2D eigenvalue weighted by molar-refractivity contribution is 5.84. The molecule has 2 aromatic heterocycles. The molecule has 5 aromatic rings. The van der Waals surface area contributed by atoms with Crippen LogP contribution >= 0.6 is 0 Å². The molecule has 2 heterocycles. The maximum absolute atomic E-state index is 4.93. The van der Waals surface area contributed by atoms with E-state index >= 15 is 0 Å². The zero-order valence-electron chi connectivity index (χ0n) is 14.4. The normalized spacial score (nSPS) is 12.3. The zero-order valence-corrected chi connectivity index (χ0v) is 14.4. The van der Waals surface area contributed by atoms with Crippen LogP contribution in [0.4, 0.5) is 0 Å². The molecule has 124 valence electrons. The van der Waals surface area contributed by atoms with Gasteiger partial charge in [-0.1, -0.05) is 72.3 Å². The number of imidazole rings is 2. The van der Waals surface area contributed by atoms with Crippen LogP contribution in [-0.4, -0.2) is 14.4 Å². The number of hydrogen-bond acceptors (Lipinski definition) is 2. The molecule has 3 heteroatoms. The van der Waals surface area contributed by atoms with E-state index < -0.39 is 0 Å². The fraction of sp³-hybridized carbons (Fsp3) is 0.0435. The molecule has 3 aromatic carbocycles. The van der Waals surface area contributed by atoms with Crippen molar-refractivity contribution in [2.24, 2.45) is 0 Å². The average Bonchev–Trinajstić information content (AvgIpc) is 3.22. The summed E-state index contributed by atoms with van der Waals surface area (Å²) in [6, 6.07) is 27.0. The maximum Gasteiger partial charge on any atom is 0.165 e. The van der Waals surface area contributed by atoms with Crippen LogP contribution in [0, 0.1) is 6.92 Å². The molecule has 0 aliphatic carbocycles. The summed E-state index contributed by atoms with van der Waals surface area (Å²) in [6.07, 6.45) is 2.10. The molecule has 0 bridgehead atoms. The Labute approximate surface area is 151 Å². The zero-order chi connectivity index (χ0) is 17.5. The lowest BCUT2D eigenvalue weighted by Gasteiger charge is -1.99. The van der Waals surface area contributed by atoms with Gasteiger partial charge < -0.3 is 0 Å². The van der Waals surface area contributed by atoms with Crippen LogP contribution in [-0.2, 0) is 0 Å². The van der Waals surface area contributed by atoms with Gasteiger partial charge in [0, 0.05) is 5.56 Å². The van der Waals surface area contributed by atoms with Crippen LogP contribution in [0.2, 0.25) is 0 Å². The Balaban J connectivity index is 1.86. The molecule has 0 radical (unpaired) electrons. The first-order valence-corrected chi connectivity index (χ1v) is 8.70. The van der Waals surface area contributed by atoms with Crippen LogP contribution in [0.5, 0.6) is 0 Å². The summed E-state index contributed by atoms with van der Waals surface area (Å²) in [5.74, 6) is 0.924. The fourth-order valence-electron chi connectivity index (χ4n) is 3.32. The van der Waals surface area contributed by atoms with Crippen LogP contribution in [0.1, 0.15) is 11.1 Å². The van der Waals surface area contributed by atoms with E-state index in [2.05, 4.69) is 59.9 Å². The Hall–Kier alpha value is -3.46. The average molecular weight is 335 g/mol. The molecule has 0 fully saturated rings. The van der Waals surface area contributed by atoms with Crippen molar-refractivity contribution >= 4 is 22.8 Å². The van der Waals surface area contributed by atoms with E-state index in [4.69, 9.17) is 9.97 Å². The number of para-hydroxylation sites is 2. The minimum absolute atomic E-state index is 0.893. The van der Waals surface area contributed by atoms with E-state index in [0.717, 1.165) is 39.0 Å². The predicted molar refractivity (Wildman–Crippen MR) is 106 cm³/mol. The highest BCUT2D eigenvalue weighted by atomic mass is 15.1. The molecule has 26 heavy (non-hydrogen) atoms. The molecule has 0 saturated heterocycles. The Morgan fingerprint density at radius 1 is 0.769 bits per heavy atom. The molecular weight excluding hydrogens is 318 g/mol. The number of rotatable bonds is 2. The number of nitrogens with zero attached hydrogens (tertiary/aromatic N) is 3. The van der Waals surface area contributed by atoms with Crippen LogP contribution in [0.3, 0.4) is 0 Å². The summed E-state index contributed by atoms with van der Waals surface area (Å²) in [5, 5.41) is 0.893. The van der Waals surface area contributed by atoms with E-state index in [1.54, 1.807) is 0 Å².